The molecule has 1 N–H and O–H groups in total. The Bertz CT molecular complexity index is 553. The number of nitrogens with zero attached hydrogens (tertiary/aromatic N) is 1. The summed E-state index contributed by atoms with van der Waals surface area (Å²) >= 11 is 5.97. The number of benzene rings is 2. The highest BCUT2D eigenvalue weighted by molar-refractivity contribution is 6.30. The quantitative estimate of drug-likeness (QED) is 0.914. The number of halogens is 1. The van der Waals surface area contributed by atoms with E-state index >= 15 is 0 Å². The number of anilines is 1. The highest BCUT2D eigenvalue weighted by Gasteiger charge is 2.19. The van der Waals surface area contributed by atoms with Crippen LogP contribution in [-0.2, 0) is 6.54 Å². The average molecular weight is 301 g/mol. The molecule has 0 spiro atoms. The number of nitrogens with one attached hydrogen (secondary N) is 1. The van der Waals surface area contributed by atoms with Crippen molar-refractivity contribution in [1.29, 1.82) is 0 Å². The van der Waals surface area contributed by atoms with Gasteiger partial charge in [-0.1, -0.05) is 41.9 Å². The lowest BCUT2D eigenvalue weighted by molar-refractivity contribution is 0.421. The molecule has 0 saturated carbocycles. The molecule has 2 aromatic carbocycles. The van der Waals surface area contributed by atoms with Gasteiger partial charge in [0, 0.05) is 36.4 Å². The van der Waals surface area contributed by atoms with Gasteiger partial charge < -0.3 is 10.2 Å². The summed E-state index contributed by atoms with van der Waals surface area (Å²) in [6, 6.07) is 19.3. The number of hydrogen-bond acceptors (Lipinski definition) is 2. The van der Waals surface area contributed by atoms with E-state index < -0.39 is 0 Å². The largest absolute Gasteiger partial charge is 0.370 e. The molecule has 3 heteroatoms. The fraction of sp³-hybridized carbons (Fsp3) is 0.333. The van der Waals surface area contributed by atoms with Crippen LogP contribution in [0.25, 0.3) is 0 Å². The summed E-state index contributed by atoms with van der Waals surface area (Å²) in [5.41, 5.74) is 2.62. The SMILES string of the molecule is Clc1ccc(N2CCCC(NCc3ccccc3)C2)cc1. The highest BCUT2D eigenvalue weighted by atomic mass is 35.5. The molecule has 2 nitrogen and oxygen atoms in total. The van der Waals surface area contributed by atoms with Crippen molar-refractivity contribution in [2.45, 2.75) is 25.4 Å². The summed E-state index contributed by atoms with van der Waals surface area (Å²) in [7, 11) is 0. The van der Waals surface area contributed by atoms with Crippen molar-refractivity contribution >= 4 is 17.3 Å². The summed E-state index contributed by atoms with van der Waals surface area (Å²) in [6.45, 7) is 3.14. The molecule has 110 valence electrons. The summed E-state index contributed by atoms with van der Waals surface area (Å²) < 4.78 is 0. The van der Waals surface area contributed by atoms with Gasteiger partial charge in [-0.15, -0.1) is 0 Å². The van der Waals surface area contributed by atoms with Crippen LogP contribution in [0.15, 0.2) is 54.6 Å². The van der Waals surface area contributed by atoms with E-state index in [1.807, 2.05) is 12.1 Å². The third-order valence-corrected chi connectivity index (χ3v) is 4.30. The van der Waals surface area contributed by atoms with Gasteiger partial charge in [0.05, 0.1) is 0 Å². The van der Waals surface area contributed by atoms with E-state index in [1.165, 1.54) is 24.1 Å². The van der Waals surface area contributed by atoms with E-state index in [0.29, 0.717) is 6.04 Å². The maximum Gasteiger partial charge on any atom is 0.0407 e. The second kappa shape index (κ2) is 6.97. The zero-order valence-electron chi connectivity index (χ0n) is 12.1. The fourth-order valence-electron chi connectivity index (χ4n) is 2.89. The second-order valence-corrected chi connectivity index (χ2v) is 6.06. The van der Waals surface area contributed by atoms with E-state index in [2.05, 4.69) is 52.7 Å². The van der Waals surface area contributed by atoms with Gasteiger partial charge in [-0.05, 0) is 42.7 Å². The first-order chi connectivity index (χ1) is 10.3. The van der Waals surface area contributed by atoms with Crippen LogP contribution in [0.3, 0.4) is 0 Å². The minimum atomic E-state index is 0.551. The monoisotopic (exact) mass is 300 g/mol. The van der Waals surface area contributed by atoms with Crippen LogP contribution in [0, 0.1) is 0 Å². The van der Waals surface area contributed by atoms with Crippen LogP contribution in [0.1, 0.15) is 18.4 Å². The van der Waals surface area contributed by atoms with E-state index in [4.69, 9.17) is 11.6 Å². The Kier molecular flexibility index (Phi) is 4.79. The van der Waals surface area contributed by atoms with Crippen LogP contribution in [-0.4, -0.2) is 19.1 Å². The maximum absolute atomic E-state index is 5.97. The fourth-order valence-corrected chi connectivity index (χ4v) is 3.01. The summed E-state index contributed by atoms with van der Waals surface area (Å²) in [5, 5.41) is 4.48. The van der Waals surface area contributed by atoms with Crippen molar-refractivity contribution in [2.75, 3.05) is 18.0 Å². The van der Waals surface area contributed by atoms with E-state index in [0.717, 1.165) is 24.7 Å². The molecule has 1 unspecified atom stereocenters. The molecular weight excluding hydrogens is 280 g/mol. The van der Waals surface area contributed by atoms with Crippen LogP contribution in [0.5, 0.6) is 0 Å². The van der Waals surface area contributed by atoms with Crippen molar-refractivity contribution in [3.05, 3.63) is 65.2 Å². The molecule has 1 aliphatic heterocycles. The number of hydrogen-bond donors (Lipinski definition) is 1. The van der Waals surface area contributed by atoms with Gasteiger partial charge in [-0.3, -0.25) is 0 Å². The zero-order chi connectivity index (χ0) is 14.5. The van der Waals surface area contributed by atoms with Gasteiger partial charge in [0.25, 0.3) is 0 Å². The van der Waals surface area contributed by atoms with Crippen LogP contribution >= 0.6 is 11.6 Å². The normalized spacial score (nSPS) is 18.7. The van der Waals surface area contributed by atoms with Crippen molar-refractivity contribution < 1.29 is 0 Å². The molecule has 3 rings (SSSR count). The lowest BCUT2D eigenvalue weighted by Crippen LogP contribution is -2.45. The Morgan fingerprint density at radius 3 is 2.57 bits per heavy atom. The highest BCUT2D eigenvalue weighted by Crippen LogP contribution is 2.22. The minimum absolute atomic E-state index is 0.551. The Hall–Kier alpha value is -1.51. The average Bonchev–Trinajstić information content (AvgIpc) is 2.55. The lowest BCUT2D eigenvalue weighted by atomic mass is 10.0. The Morgan fingerprint density at radius 1 is 1.05 bits per heavy atom. The summed E-state index contributed by atoms with van der Waals surface area (Å²) in [4.78, 5) is 2.45. The first-order valence-electron chi connectivity index (χ1n) is 7.59. The van der Waals surface area contributed by atoms with Crippen LogP contribution < -0.4 is 10.2 Å². The summed E-state index contributed by atoms with van der Waals surface area (Å²) in [5.74, 6) is 0. The van der Waals surface area contributed by atoms with E-state index in [1.54, 1.807) is 0 Å². The standard InChI is InChI=1S/C18H21ClN2/c19-16-8-10-18(11-9-16)21-12-4-7-17(14-21)20-13-15-5-2-1-3-6-15/h1-3,5-6,8-11,17,20H,4,7,12-14H2. The maximum atomic E-state index is 5.97. The van der Waals surface area contributed by atoms with E-state index in [-0.39, 0.29) is 0 Å². The van der Waals surface area contributed by atoms with Crippen molar-refractivity contribution in [1.82, 2.24) is 5.32 Å². The van der Waals surface area contributed by atoms with Crippen LogP contribution in [0.4, 0.5) is 5.69 Å². The predicted octanol–water partition coefficient (Wildman–Crippen LogP) is 4.10. The minimum Gasteiger partial charge on any atom is -0.370 e. The Morgan fingerprint density at radius 2 is 1.81 bits per heavy atom. The van der Waals surface area contributed by atoms with Crippen LogP contribution in [0.2, 0.25) is 5.02 Å². The summed E-state index contributed by atoms with van der Waals surface area (Å²) in [6.07, 6.45) is 2.48. The molecule has 0 amide bonds. The van der Waals surface area contributed by atoms with E-state index in [9.17, 15) is 0 Å². The number of rotatable bonds is 4. The van der Waals surface area contributed by atoms with Gasteiger partial charge in [-0.2, -0.15) is 0 Å². The molecule has 2 aromatic rings. The van der Waals surface area contributed by atoms with Crippen molar-refractivity contribution in [3.63, 3.8) is 0 Å². The molecule has 1 fully saturated rings. The Labute approximate surface area is 131 Å². The molecule has 0 bridgehead atoms. The molecule has 1 atom stereocenters. The first kappa shape index (κ1) is 14.4. The van der Waals surface area contributed by atoms with Gasteiger partial charge >= 0.3 is 0 Å². The first-order valence-corrected chi connectivity index (χ1v) is 7.97. The molecule has 21 heavy (non-hydrogen) atoms. The number of piperidine rings is 1. The van der Waals surface area contributed by atoms with Crippen molar-refractivity contribution in [3.8, 4) is 0 Å². The third kappa shape index (κ3) is 3.99. The molecule has 0 aliphatic carbocycles. The zero-order valence-corrected chi connectivity index (χ0v) is 12.9. The smallest absolute Gasteiger partial charge is 0.0407 e. The lowest BCUT2D eigenvalue weighted by Gasteiger charge is -2.35. The molecular formula is C18H21ClN2. The Balaban J connectivity index is 1.57. The van der Waals surface area contributed by atoms with Gasteiger partial charge in [-0.25, -0.2) is 0 Å². The molecule has 1 saturated heterocycles. The molecule has 1 heterocycles. The second-order valence-electron chi connectivity index (χ2n) is 5.63. The van der Waals surface area contributed by atoms with Gasteiger partial charge in [0.1, 0.15) is 0 Å². The molecule has 0 radical (unpaired) electrons. The van der Waals surface area contributed by atoms with Gasteiger partial charge in [0.2, 0.25) is 0 Å². The molecule has 1 aliphatic rings. The molecule has 0 aromatic heterocycles. The topological polar surface area (TPSA) is 15.3 Å². The predicted molar refractivity (Wildman–Crippen MR) is 90.0 cm³/mol. The van der Waals surface area contributed by atoms with Gasteiger partial charge in [0.15, 0.2) is 0 Å². The van der Waals surface area contributed by atoms with Crippen molar-refractivity contribution in [2.24, 2.45) is 0 Å². The third-order valence-electron chi connectivity index (χ3n) is 4.05.